The molecule has 4 nitrogen and oxygen atoms in total. The van der Waals surface area contributed by atoms with E-state index >= 15 is 0 Å². The molecule has 0 saturated heterocycles. The molecule has 1 atom stereocenters. The van der Waals surface area contributed by atoms with Gasteiger partial charge in [-0.05, 0) is 26.0 Å². The highest BCUT2D eigenvalue weighted by Gasteiger charge is 2.21. The summed E-state index contributed by atoms with van der Waals surface area (Å²) in [5.74, 6) is 0. The molecule has 2 rings (SSSR count). The molecule has 1 unspecified atom stereocenters. The molecule has 18 heavy (non-hydrogen) atoms. The third-order valence-electron chi connectivity index (χ3n) is 2.88. The molecular formula is C13H18ClN3O. The Balaban J connectivity index is 2.36. The molecular weight excluding hydrogens is 250 g/mol. The van der Waals surface area contributed by atoms with Gasteiger partial charge < -0.3 is 9.73 Å². The Labute approximate surface area is 112 Å². The summed E-state index contributed by atoms with van der Waals surface area (Å²) in [6.45, 7) is 5.91. The van der Waals surface area contributed by atoms with Crippen LogP contribution in [0.4, 0.5) is 0 Å². The third kappa shape index (κ3) is 2.60. The lowest BCUT2D eigenvalue weighted by molar-refractivity contribution is 0.517. The average Bonchev–Trinajstić information content (AvgIpc) is 3.01. The summed E-state index contributed by atoms with van der Waals surface area (Å²) in [7, 11) is 0. The normalized spacial score (nSPS) is 12.8. The second kappa shape index (κ2) is 6.07. The lowest BCUT2D eigenvalue weighted by Gasteiger charge is -2.19. The molecule has 2 aromatic heterocycles. The molecule has 0 aliphatic heterocycles. The van der Waals surface area contributed by atoms with E-state index in [1.54, 1.807) is 18.7 Å². The SMILES string of the molecule is CCCNC(c1ccoc1)c1c(Cl)cnn1CC. The van der Waals surface area contributed by atoms with Gasteiger partial charge in [0.05, 0.1) is 35.5 Å². The van der Waals surface area contributed by atoms with Crippen LogP contribution in [0.2, 0.25) is 5.02 Å². The van der Waals surface area contributed by atoms with Gasteiger partial charge in [-0.15, -0.1) is 0 Å². The second-order valence-corrected chi connectivity index (χ2v) is 4.54. The first-order valence-corrected chi connectivity index (χ1v) is 6.62. The number of nitrogens with one attached hydrogen (secondary N) is 1. The molecule has 0 bridgehead atoms. The minimum Gasteiger partial charge on any atom is -0.472 e. The summed E-state index contributed by atoms with van der Waals surface area (Å²) in [5, 5.41) is 8.46. The fourth-order valence-electron chi connectivity index (χ4n) is 2.01. The number of hydrogen-bond acceptors (Lipinski definition) is 3. The van der Waals surface area contributed by atoms with E-state index in [0.717, 1.165) is 30.8 Å². The number of aryl methyl sites for hydroxylation is 1. The number of aromatic nitrogens is 2. The van der Waals surface area contributed by atoms with Crippen molar-refractivity contribution >= 4 is 11.6 Å². The van der Waals surface area contributed by atoms with Crippen LogP contribution in [0, 0.1) is 0 Å². The summed E-state index contributed by atoms with van der Waals surface area (Å²) in [6.07, 6.45) is 6.18. The second-order valence-electron chi connectivity index (χ2n) is 4.14. The van der Waals surface area contributed by atoms with Crippen molar-refractivity contribution < 1.29 is 4.42 Å². The van der Waals surface area contributed by atoms with Crippen molar-refractivity contribution in [3.63, 3.8) is 0 Å². The van der Waals surface area contributed by atoms with Gasteiger partial charge in [0.15, 0.2) is 0 Å². The van der Waals surface area contributed by atoms with Crippen LogP contribution >= 0.6 is 11.6 Å². The summed E-state index contributed by atoms with van der Waals surface area (Å²) in [4.78, 5) is 0. The Morgan fingerprint density at radius 1 is 1.50 bits per heavy atom. The van der Waals surface area contributed by atoms with Crippen LogP contribution in [0.15, 0.2) is 29.2 Å². The Kier molecular flexibility index (Phi) is 4.44. The predicted octanol–water partition coefficient (Wildman–Crippen LogP) is 3.24. The Morgan fingerprint density at radius 3 is 2.94 bits per heavy atom. The molecule has 0 saturated carbocycles. The maximum absolute atomic E-state index is 6.26. The van der Waals surface area contributed by atoms with Crippen LogP contribution in [-0.4, -0.2) is 16.3 Å². The van der Waals surface area contributed by atoms with E-state index in [-0.39, 0.29) is 6.04 Å². The summed E-state index contributed by atoms with van der Waals surface area (Å²) >= 11 is 6.26. The van der Waals surface area contributed by atoms with Crippen LogP contribution in [0.1, 0.15) is 37.6 Å². The van der Waals surface area contributed by atoms with Gasteiger partial charge in [0.25, 0.3) is 0 Å². The zero-order valence-corrected chi connectivity index (χ0v) is 11.4. The average molecular weight is 268 g/mol. The first-order valence-electron chi connectivity index (χ1n) is 6.24. The van der Waals surface area contributed by atoms with E-state index in [0.29, 0.717) is 5.02 Å². The van der Waals surface area contributed by atoms with Gasteiger partial charge in [0.2, 0.25) is 0 Å². The molecule has 2 heterocycles. The molecule has 0 aliphatic rings. The smallest absolute Gasteiger partial charge is 0.0954 e. The fourth-order valence-corrected chi connectivity index (χ4v) is 2.26. The van der Waals surface area contributed by atoms with Crippen molar-refractivity contribution in [3.8, 4) is 0 Å². The van der Waals surface area contributed by atoms with Gasteiger partial charge in [-0.1, -0.05) is 18.5 Å². The molecule has 0 fully saturated rings. The van der Waals surface area contributed by atoms with Gasteiger partial charge in [-0.25, -0.2) is 0 Å². The predicted molar refractivity (Wildman–Crippen MR) is 71.8 cm³/mol. The molecule has 0 aromatic carbocycles. The standard InChI is InChI=1S/C13H18ClN3O/c1-3-6-15-12(10-5-7-18-9-10)13-11(14)8-16-17(13)4-2/h5,7-9,12,15H,3-4,6H2,1-2H3. The lowest BCUT2D eigenvalue weighted by Crippen LogP contribution is -2.25. The van der Waals surface area contributed by atoms with E-state index in [1.165, 1.54) is 0 Å². The van der Waals surface area contributed by atoms with Crippen LogP contribution in [0.3, 0.4) is 0 Å². The van der Waals surface area contributed by atoms with Gasteiger partial charge in [0, 0.05) is 12.1 Å². The maximum atomic E-state index is 6.26. The molecule has 0 radical (unpaired) electrons. The highest BCUT2D eigenvalue weighted by atomic mass is 35.5. The molecule has 0 spiro atoms. The Bertz CT molecular complexity index is 478. The topological polar surface area (TPSA) is 43.0 Å². The monoisotopic (exact) mass is 267 g/mol. The number of furan rings is 1. The fraction of sp³-hybridized carbons (Fsp3) is 0.462. The quantitative estimate of drug-likeness (QED) is 0.874. The van der Waals surface area contributed by atoms with E-state index in [2.05, 4.69) is 24.3 Å². The van der Waals surface area contributed by atoms with Gasteiger partial charge in [0.1, 0.15) is 0 Å². The molecule has 0 amide bonds. The third-order valence-corrected chi connectivity index (χ3v) is 3.17. The number of rotatable bonds is 6. The highest BCUT2D eigenvalue weighted by molar-refractivity contribution is 6.31. The van der Waals surface area contributed by atoms with E-state index in [4.69, 9.17) is 16.0 Å². The zero-order chi connectivity index (χ0) is 13.0. The minimum atomic E-state index is 0.0265. The summed E-state index contributed by atoms with van der Waals surface area (Å²) < 4.78 is 7.09. The van der Waals surface area contributed by atoms with Crippen molar-refractivity contribution in [1.29, 1.82) is 0 Å². The molecule has 2 aromatic rings. The largest absolute Gasteiger partial charge is 0.472 e. The minimum absolute atomic E-state index is 0.0265. The summed E-state index contributed by atoms with van der Waals surface area (Å²) in [6, 6.07) is 1.98. The molecule has 1 N–H and O–H groups in total. The van der Waals surface area contributed by atoms with Crippen molar-refractivity contribution in [2.24, 2.45) is 0 Å². The van der Waals surface area contributed by atoms with Crippen LogP contribution in [0.25, 0.3) is 0 Å². The first kappa shape index (κ1) is 13.2. The van der Waals surface area contributed by atoms with Crippen LogP contribution in [0.5, 0.6) is 0 Å². The molecule has 98 valence electrons. The zero-order valence-electron chi connectivity index (χ0n) is 10.7. The van der Waals surface area contributed by atoms with Crippen molar-refractivity contribution in [1.82, 2.24) is 15.1 Å². The van der Waals surface area contributed by atoms with Gasteiger partial charge in [-0.2, -0.15) is 5.10 Å². The van der Waals surface area contributed by atoms with Crippen LogP contribution in [-0.2, 0) is 6.54 Å². The first-order chi connectivity index (χ1) is 8.77. The van der Waals surface area contributed by atoms with Crippen molar-refractivity contribution in [3.05, 3.63) is 41.1 Å². The van der Waals surface area contributed by atoms with Gasteiger partial charge >= 0.3 is 0 Å². The van der Waals surface area contributed by atoms with E-state index in [1.807, 2.05) is 10.7 Å². The number of nitrogens with zero attached hydrogens (tertiary/aromatic N) is 2. The lowest BCUT2D eigenvalue weighted by atomic mass is 10.1. The Morgan fingerprint density at radius 2 is 2.33 bits per heavy atom. The Hall–Kier alpha value is -1.26. The number of hydrogen-bond donors (Lipinski definition) is 1. The van der Waals surface area contributed by atoms with Crippen molar-refractivity contribution in [2.75, 3.05) is 6.54 Å². The number of halogens is 1. The van der Waals surface area contributed by atoms with E-state index in [9.17, 15) is 0 Å². The summed E-state index contributed by atoms with van der Waals surface area (Å²) in [5.41, 5.74) is 2.06. The van der Waals surface area contributed by atoms with Crippen molar-refractivity contribution in [2.45, 2.75) is 32.9 Å². The maximum Gasteiger partial charge on any atom is 0.0954 e. The van der Waals surface area contributed by atoms with Gasteiger partial charge in [-0.3, -0.25) is 4.68 Å². The molecule has 5 heteroatoms. The molecule has 0 aliphatic carbocycles. The van der Waals surface area contributed by atoms with Crippen LogP contribution < -0.4 is 5.32 Å². The van der Waals surface area contributed by atoms with E-state index < -0.39 is 0 Å². The highest BCUT2D eigenvalue weighted by Crippen LogP contribution is 2.28.